The molecule has 2 aromatic carbocycles. The number of non-ortho nitro benzene ring substituents is 1. The zero-order chi connectivity index (χ0) is 20.0. The highest BCUT2D eigenvalue weighted by Gasteiger charge is 2.15. The van der Waals surface area contributed by atoms with Gasteiger partial charge in [-0.3, -0.25) is 14.9 Å². The van der Waals surface area contributed by atoms with Gasteiger partial charge in [-0.25, -0.2) is 4.79 Å². The van der Waals surface area contributed by atoms with E-state index in [1.807, 2.05) is 0 Å². The number of halogens is 1. The van der Waals surface area contributed by atoms with Gasteiger partial charge in [-0.15, -0.1) is 0 Å². The number of hydrogen-bond donors (Lipinski definition) is 3. The number of nitrogens with zero attached hydrogens (tertiary/aromatic N) is 2. The molecule has 0 fully saturated rings. The molecular formula is C17H11ClN4O5. The van der Waals surface area contributed by atoms with E-state index in [0.29, 0.717) is 5.69 Å². The van der Waals surface area contributed by atoms with Crippen LogP contribution in [0.4, 0.5) is 17.1 Å². The van der Waals surface area contributed by atoms with E-state index in [1.54, 1.807) is 12.1 Å². The van der Waals surface area contributed by atoms with Gasteiger partial charge in [0.2, 0.25) is 0 Å². The minimum atomic E-state index is -1.12. The molecule has 0 aromatic heterocycles. The Balaban J connectivity index is 2.19. The van der Waals surface area contributed by atoms with Gasteiger partial charge >= 0.3 is 5.97 Å². The first-order valence-electron chi connectivity index (χ1n) is 7.27. The van der Waals surface area contributed by atoms with Gasteiger partial charge in [0.25, 0.3) is 11.6 Å². The monoisotopic (exact) mass is 386 g/mol. The second-order valence-electron chi connectivity index (χ2n) is 5.08. The van der Waals surface area contributed by atoms with Crippen molar-refractivity contribution in [2.45, 2.75) is 0 Å². The summed E-state index contributed by atoms with van der Waals surface area (Å²) in [4.78, 5) is 33.3. The zero-order valence-corrected chi connectivity index (χ0v) is 14.2. The summed E-state index contributed by atoms with van der Waals surface area (Å²) in [5.41, 5.74) is -0.271. The molecule has 1 amide bonds. The topological polar surface area (TPSA) is 145 Å². The van der Waals surface area contributed by atoms with E-state index in [0.717, 1.165) is 12.3 Å². The summed E-state index contributed by atoms with van der Waals surface area (Å²) in [6, 6.07) is 10.9. The molecule has 0 spiro atoms. The van der Waals surface area contributed by atoms with Gasteiger partial charge in [-0.05, 0) is 24.3 Å². The molecule has 0 aliphatic heterocycles. The van der Waals surface area contributed by atoms with Crippen LogP contribution in [-0.4, -0.2) is 21.9 Å². The number of nitro benzene ring substituents is 1. The van der Waals surface area contributed by atoms with Crippen LogP contribution in [-0.2, 0) is 4.79 Å². The van der Waals surface area contributed by atoms with Crippen molar-refractivity contribution in [1.29, 1.82) is 5.26 Å². The Labute approximate surface area is 157 Å². The summed E-state index contributed by atoms with van der Waals surface area (Å²) < 4.78 is 0. The van der Waals surface area contributed by atoms with Crippen molar-refractivity contribution in [3.05, 3.63) is 74.9 Å². The lowest BCUT2D eigenvalue weighted by atomic mass is 10.2. The van der Waals surface area contributed by atoms with E-state index in [-0.39, 0.29) is 27.5 Å². The Bertz CT molecular complexity index is 997. The highest BCUT2D eigenvalue weighted by atomic mass is 35.5. The molecule has 3 N–H and O–H groups in total. The number of carboxylic acids is 1. The first-order valence-corrected chi connectivity index (χ1v) is 7.65. The van der Waals surface area contributed by atoms with Crippen LogP contribution in [0.3, 0.4) is 0 Å². The first-order chi connectivity index (χ1) is 12.8. The average Bonchev–Trinajstić information content (AvgIpc) is 2.64. The molecule has 0 heterocycles. The number of rotatable bonds is 6. The van der Waals surface area contributed by atoms with Crippen LogP contribution in [0.15, 0.2) is 54.2 Å². The summed E-state index contributed by atoms with van der Waals surface area (Å²) in [5, 5.41) is 34.0. The molecule has 0 saturated carbocycles. The summed E-state index contributed by atoms with van der Waals surface area (Å²) in [5.74, 6) is -1.97. The summed E-state index contributed by atoms with van der Waals surface area (Å²) in [7, 11) is 0. The molecule has 0 aliphatic rings. The smallest absolute Gasteiger partial charge is 0.335 e. The number of nitro groups is 1. The molecule has 2 rings (SSSR count). The molecule has 0 unspecified atom stereocenters. The predicted molar refractivity (Wildman–Crippen MR) is 97.5 cm³/mol. The van der Waals surface area contributed by atoms with E-state index in [9.17, 15) is 19.7 Å². The predicted octanol–water partition coefficient (Wildman–Crippen LogP) is 3.40. The fourth-order valence-corrected chi connectivity index (χ4v) is 2.12. The largest absolute Gasteiger partial charge is 0.478 e. The van der Waals surface area contributed by atoms with Crippen molar-refractivity contribution in [2.24, 2.45) is 0 Å². The van der Waals surface area contributed by atoms with Crippen LogP contribution in [0.5, 0.6) is 0 Å². The van der Waals surface area contributed by atoms with Crippen LogP contribution in [0, 0.1) is 21.4 Å². The Morgan fingerprint density at radius 3 is 2.63 bits per heavy atom. The third-order valence-corrected chi connectivity index (χ3v) is 3.60. The Hall–Kier alpha value is -3.90. The fourth-order valence-electron chi connectivity index (χ4n) is 1.96. The summed E-state index contributed by atoms with van der Waals surface area (Å²) in [6.07, 6.45) is 1.08. The van der Waals surface area contributed by atoms with Crippen LogP contribution < -0.4 is 10.6 Å². The quantitative estimate of drug-likeness (QED) is 0.298. The van der Waals surface area contributed by atoms with Crippen LogP contribution in [0.2, 0.25) is 5.02 Å². The van der Waals surface area contributed by atoms with E-state index < -0.39 is 16.8 Å². The van der Waals surface area contributed by atoms with Crippen molar-refractivity contribution >= 4 is 40.5 Å². The Kier molecular flexibility index (Phi) is 6.09. The molecule has 0 radical (unpaired) electrons. The molecule has 0 aliphatic carbocycles. The normalized spacial score (nSPS) is 10.6. The lowest BCUT2D eigenvalue weighted by Gasteiger charge is -2.07. The maximum atomic E-state index is 12.2. The van der Waals surface area contributed by atoms with E-state index in [4.69, 9.17) is 22.0 Å². The maximum absolute atomic E-state index is 12.2. The van der Waals surface area contributed by atoms with E-state index in [1.165, 1.54) is 30.3 Å². The van der Waals surface area contributed by atoms with Crippen molar-refractivity contribution in [1.82, 2.24) is 0 Å². The number of nitrogens with one attached hydrogen (secondary N) is 2. The number of aromatic carboxylic acids is 1. The number of hydrogen-bond acceptors (Lipinski definition) is 6. The van der Waals surface area contributed by atoms with Gasteiger partial charge in [-0.1, -0.05) is 17.7 Å². The lowest BCUT2D eigenvalue weighted by Crippen LogP contribution is -2.15. The third kappa shape index (κ3) is 5.04. The van der Waals surface area contributed by atoms with Crippen molar-refractivity contribution in [3.63, 3.8) is 0 Å². The van der Waals surface area contributed by atoms with Gasteiger partial charge in [-0.2, -0.15) is 5.26 Å². The fraction of sp³-hybridized carbons (Fsp3) is 0. The van der Waals surface area contributed by atoms with Crippen molar-refractivity contribution in [3.8, 4) is 6.07 Å². The average molecular weight is 387 g/mol. The number of carbonyl (C=O) groups excluding carboxylic acids is 1. The summed E-state index contributed by atoms with van der Waals surface area (Å²) in [6.45, 7) is 0. The zero-order valence-electron chi connectivity index (χ0n) is 13.5. The third-order valence-electron chi connectivity index (χ3n) is 3.27. The highest BCUT2D eigenvalue weighted by Crippen LogP contribution is 2.27. The molecule has 2 aromatic rings. The van der Waals surface area contributed by atoms with E-state index >= 15 is 0 Å². The number of amides is 1. The van der Waals surface area contributed by atoms with Crippen LogP contribution in [0.25, 0.3) is 0 Å². The van der Waals surface area contributed by atoms with E-state index in [2.05, 4.69) is 10.6 Å². The summed E-state index contributed by atoms with van der Waals surface area (Å²) >= 11 is 5.90. The minimum Gasteiger partial charge on any atom is -0.478 e. The molecule has 0 saturated heterocycles. The maximum Gasteiger partial charge on any atom is 0.335 e. The molecular weight excluding hydrogens is 376 g/mol. The van der Waals surface area contributed by atoms with Crippen LogP contribution in [0.1, 0.15) is 10.4 Å². The van der Waals surface area contributed by atoms with Crippen molar-refractivity contribution < 1.29 is 19.6 Å². The molecule has 10 heteroatoms. The first kappa shape index (κ1) is 19.4. The number of benzene rings is 2. The van der Waals surface area contributed by atoms with Gasteiger partial charge in [0.05, 0.1) is 21.2 Å². The molecule has 0 atom stereocenters. The highest BCUT2D eigenvalue weighted by molar-refractivity contribution is 6.34. The second kappa shape index (κ2) is 8.46. The SMILES string of the molecule is N#C/C(=C/Nc1cccc(C(=O)O)c1)C(=O)Nc1cc([N+](=O)[O-])ccc1Cl. The molecule has 9 nitrogen and oxygen atoms in total. The minimum absolute atomic E-state index is 0.0232. The molecule has 136 valence electrons. The van der Waals surface area contributed by atoms with Crippen LogP contribution >= 0.6 is 11.6 Å². The number of anilines is 2. The van der Waals surface area contributed by atoms with Gasteiger partial charge in [0.1, 0.15) is 11.6 Å². The van der Waals surface area contributed by atoms with Gasteiger partial charge in [0, 0.05) is 24.0 Å². The lowest BCUT2D eigenvalue weighted by molar-refractivity contribution is -0.384. The van der Waals surface area contributed by atoms with Crippen molar-refractivity contribution in [2.75, 3.05) is 10.6 Å². The number of nitriles is 1. The number of carboxylic acid groups (broad SMARTS) is 1. The Morgan fingerprint density at radius 2 is 2.00 bits per heavy atom. The molecule has 27 heavy (non-hydrogen) atoms. The molecule has 0 bridgehead atoms. The van der Waals surface area contributed by atoms with Gasteiger partial charge in [0.15, 0.2) is 0 Å². The second-order valence-corrected chi connectivity index (χ2v) is 5.48. The number of carbonyl (C=O) groups is 2. The Morgan fingerprint density at radius 1 is 1.26 bits per heavy atom. The standard InChI is InChI=1S/C17H11ClN4O5/c18-14-5-4-13(22(26)27)7-15(14)21-16(23)11(8-19)9-20-12-3-1-2-10(6-12)17(24)25/h1-7,9,20H,(H,21,23)(H,24,25)/b11-9-. The van der Waals surface area contributed by atoms with Gasteiger partial charge < -0.3 is 15.7 Å².